The Kier molecular flexibility index (Phi) is 4.87. The molecule has 1 amide bonds. The number of aryl methyl sites for hydroxylation is 1. The minimum absolute atomic E-state index is 0.0141. The van der Waals surface area contributed by atoms with E-state index in [0.717, 1.165) is 29.8 Å². The van der Waals surface area contributed by atoms with Gasteiger partial charge < -0.3 is 15.4 Å². The molecule has 0 spiro atoms. The van der Waals surface area contributed by atoms with Crippen molar-refractivity contribution in [3.8, 4) is 5.75 Å². The standard InChI is InChI=1S/C22H27N3O2/c1-15-8-9-24-19(10-15)20(17-6-7-17)25-21(26)22(13-23-14-22)12-16-4-3-5-18(11-16)27-2/h3-5,8-11,17,20,23H,6-7,12-14H2,1-2H3,(H,25,26). The highest BCUT2D eigenvalue weighted by Gasteiger charge is 2.46. The third-order valence-corrected chi connectivity index (χ3v) is 5.72. The Balaban J connectivity index is 1.52. The number of aromatic nitrogens is 1. The zero-order valence-corrected chi connectivity index (χ0v) is 16.0. The SMILES string of the molecule is COc1cccc(CC2(C(=O)NC(c3cc(C)ccn3)C3CC3)CNC2)c1. The predicted molar refractivity (Wildman–Crippen MR) is 105 cm³/mol. The van der Waals surface area contributed by atoms with Crippen molar-refractivity contribution in [3.05, 3.63) is 59.4 Å². The maximum Gasteiger partial charge on any atom is 0.229 e. The second-order valence-corrected chi connectivity index (χ2v) is 7.96. The highest BCUT2D eigenvalue weighted by atomic mass is 16.5. The van der Waals surface area contributed by atoms with Crippen molar-refractivity contribution >= 4 is 5.91 Å². The summed E-state index contributed by atoms with van der Waals surface area (Å²) >= 11 is 0. The van der Waals surface area contributed by atoms with Crippen molar-refractivity contribution in [3.63, 3.8) is 0 Å². The normalized spacial score (nSPS) is 19.0. The van der Waals surface area contributed by atoms with Crippen molar-refractivity contribution in [1.82, 2.24) is 15.6 Å². The van der Waals surface area contributed by atoms with Crippen LogP contribution in [-0.2, 0) is 11.2 Å². The first-order valence-corrected chi connectivity index (χ1v) is 9.67. The molecule has 1 saturated carbocycles. The van der Waals surface area contributed by atoms with Gasteiger partial charge in [0.15, 0.2) is 0 Å². The Morgan fingerprint density at radius 3 is 2.78 bits per heavy atom. The Morgan fingerprint density at radius 1 is 1.33 bits per heavy atom. The minimum atomic E-state index is -0.399. The van der Waals surface area contributed by atoms with Crippen molar-refractivity contribution in [1.29, 1.82) is 0 Å². The molecule has 1 aliphatic heterocycles. The van der Waals surface area contributed by atoms with Crippen LogP contribution in [0.4, 0.5) is 0 Å². The van der Waals surface area contributed by atoms with E-state index in [1.165, 1.54) is 5.56 Å². The summed E-state index contributed by atoms with van der Waals surface area (Å²) in [6.07, 6.45) is 4.86. The third kappa shape index (κ3) is 3.83. The molecule has 1 atom stereocenters. The minimum Gasteiger partial charge on any atom is -0.497 e. The monoisotopic (exact) mass is 365 g/mol. The molecule has 0 radical (unpaired) electrons. The Morgan fingerprint density at radius 2 is 2.15 bits per heavy atom. The van der Waals surface area contributed by atoms with Gasteiger partial charge >= 0.3 is 0 Å². The quantitative estimate of drug-likeness (QED) is 0.792. The molecule has 2 N–H and O–H groups in total. The molecule has 27 heavy (non-hydrogen) atoms. The number of ether oxygens (including phenoxy) is 1. The van der Waals surface area contributed by atoms with Gasteiger partial charge in [-0.25, -0.2) is 0 Å². The number of carbonyl (C=O) groups excluding carboxylic acids is 1. The number of benzene rings is 1. The number of pyridine rings is 1. The Hall–Kier alpha value is -2.40. The predicted octanol–water partition coefficient (Wildman–Crippen LogP) is 2.80. The van der Waals surface area contributed by atoms with Crippen LogP contribution in [0.1, 0.15) is 35.7 Å². The molecular formula is C22H27N3O2. The summed E-state index contributed by atoms with van der Waals surface area (Å²) in [5.41, 5.74) is 2.89. The van der Waals surface area contributed by atoms with E-state index >= 15 is 0 Å². The van der Waals surface area contributed by atoms with E-state index in [0.29, 0.717) is 25.4 Å². The van der Waals surface area contributed by atoms with Crippen LogP contribution in [0.15, 0.2) is 42.6 Å². The van der Waals surface area contributed by atoms with Gasteiger partial charge in [-0.1, -0.05) is 12.1 Å². The molecule has 142 valence electrons. The summed E-state index contributed by atoms with van der Waals surface area (Å²) in [5, 5.41) is 6.63. The smallest absolute Gasteiger partial charge is 0.229 e. The molecule has 2 aliphatic rings. The summed E-state index contributed by atoms with van der Waals surface area (Å²) in [6, 6.07) is 12.1. The second-order valence-electron chi connectivity index (χ2n) is 7.96. The lowest BCUT2D eigenvalue weighted by Gasteiger charge is -2.42. The van der Waals surface area contributed by atoms with Gasteiger partial charge in [0.25, 0.3) is 0 Å². The average molecular weight is 365 g/mol. The first-order valence-electron chi connectivity index (χ1n) is 9.67. The molecule has 1 aliphatic carbocycles. The van der Waals surface area contributed by atoms with E-state index in [1.54, 1.807) is 7.11 Å². The summed E-state index contributed by atoms with van der Waals surface area (Å²) < 4.78 is 5.33. The first kappa shape index (κ1) is 18.0. The van der Waals surface area contributed by atoms with Crippen molar-refractivity contribution in [2.45, 2.75) is 32.2 Å². The van der Waals surface area contributed by atoms with Gasteiger partial charge in [0, 0.05) is 19.3 Å². The lowest BCUT2D eigenvalue weighted by atomic mass is 9.75. The number of methoxy groups -OCH3 is 1. The topological polar surface area (TPSA) is 63.2 Å². The highest BCUT2D eigenvalue weighted by molar-refractivity contribution is 5.85. The highest BCUT2D eigenvalue weighted by Crippen LogP contribution is 2.41. The van der Waals surface area contributed by atoms with Crippen molar-refractivity contribution in [2.24, 2.45) is 11.3 Å². The summed E-state index contributed by atoms with van der Waals surface area (Å²) in [4.78, 5) is 17.8. The molecule has 5 heteroatoms. The zero-order chi connectivity index (χ0) is 18.9. The van der Waals surface area contributed by atoms with E-state index < -0.39 is 5.41 Å². The van der Waals surface area contributed by atoms with Crippen LogP contribution < -0.4 is 15.4 Å². The molecule has 1 aromatic carbocycles. The summed E-state index contributed by atoms with van der Waals surface area (Å²) in [6.45, 7) is 3.47. The third-order valence-electron chi connectivity index (χ3n) is 5.72. The van der Waals surface area contributed by atoms with Crippen molar-refractivity contribution < 1.29 is 9.53 Å². The molecule has 0 bridgehead atoms. The van der Waals surface area contributed by atoms with Gasteiger partial charge in [-0.2, -0.15) is 0 Å². The lowest BCUT2D eigenvalue weighted by molar-refractivity contribution is -0.135. The van der Waals surface area contributed by atoms with Gasteiger partial charge in [0.2, 0.25) is 5.91 Å². The fourth-order valence-electron chi connectivity index (χ4n) is 3.85. The molecular weight excluding hydrogens is 338 g/mol. The van der Waals surface area contributed by atoms with Crippen LogP contribution in [0.5, 0.6) is 5.75 Å². The number of hydrogen-bond donors (Lipinski definition) is 2. The maximum absolute atomic E-state index is 13.3. The van der Waals surface area contributed by atoms with Crippen LogP contribution in [-0.4, -0.2) is 31.1 Å². The van der Waals surface area contributed by atoms with Gasteiger partial charge in [0.05, 0.1) is 24.3 Å². The molecule has 5 nitrogen and oxygen atoms in total. The number of carbonyl (C=O) groups is 1. The number of nitrogens with zero attached hydrogens (tertiary/aromatic N) is 1. The van der Waals surface area contributed by atoms with Gasteiger partial charge in [-0.05, 0) is 67.5 Å². The molecule has 1 unspecified atom stereocenters. The number of nitrogens with one attached hydrogen (secondary N) is 2. The first-order chi connectivity index (χ1) is 13.1. The average Bonchev–Trinajstić information content (AvgIpc) is 3.47. The fraction of sp³-hybridized carbons (Fsp3) is 0.455. The van der Waals surface area contributed by atoms with Crippen LogP contribution in [0.25, 0.3) is 0 Å². The van der Waals surface area contributed by atoms with Gasteiger partial charge in [0.1, 0.15) is 5.75 Å². The van der Waals surface area contributed by atoms with E-state index in [-0.39, 0.29) is 11.9 Å². The van der Waals surface area contributed by atoms with Crippen molar-refractivity contribution in [2.75, 3.05) is 20.2 Å². The molecule has 2 heterocycles. The number of hydrogen-bond acceptors (Lipinski definition) is 4. The molecule has 2 fully saturated rings. The van der Waals surface area contributed by atoms with Crippen LogP contribution in [0, 0.1) is 18.3 Å². The van der Waals surface area contributed by atoms with Crippen LogP contribution in [0.3, 0.4) is 0 Å². The fourth-order valence-corrected chi connectivity index (χ4v) is 3.85. The zero-order valence-electron chi connectivity index (χ0n) is 16.0. The largest absolute Gasteiger partial charge is 0.497 e. The van der Waals surface area contributed by atoms with E-state index in [9.17, 15) is 4.79 Å². The molecule has 4 rings (SSSR count). The number of rotatable bonds is 7. The van der Waals surface area contributed by atoms with E-state index in [4.69, 9.17) is 4.74 Å². The van der Waals surface area contributed by atoms with Crippen LogP contribution >= 0.6 is 0 Å². The maximum atomic E-state index is 13.3. The Labute approximate surface area is 160 Å². The van der Waals surface area contributed by atoms with Gasteiger partial charge in [-0.15, -0.1) is 0 Å². The molecule has 1 saturated heterocycles. The van der Waals surface area contributed by atoms with Gasteiger partial charge in [-0.3, -0.25) is 9.78 Å². The van der Waals surface area contributed by atoms with Crippen LogP contribution in [0.2, 0.25) is 0 Å². The second kappa shape index (κ2) is 7.31. The number of amides is 1. The molecule has 2 aromatic rings. The summed E-state index contributed by atoms with van der Waals surface area (Å²) in [5.74, 6) is 1.46. The van der Waals surface area contributed by atoms with E-state index in [1.807, 2.05) is 30.5 Å². The Bertz CT molecular complexity index is 828. The molecule has 1 aromatic heterocycles. The van der Waals surface area contributed by atoms with E-state index in [2.05, 4.69) is 34.7 Å². The summed E-state index contributed by atoms with van der Waals surface area (Å²) in [7, 11) is 1.67. The lowest BCUT2D eigenvalue weighted by Crippen LogP contribution is -2.63.